The van der Waals surface area contributed by atoms with Crippen molar-refractivity contribution < 1.29 is 0 Å². The predicted octanol–water partition coefficient (Wildman–Crippen LogP) is 0.707. The molecule has 1 aromatic carbocycles. The van der Waals surface area contributed by atoms with Gasteiger partial charge in [0.05, 0.1) is 0 Å². The van der Waals surface area contributed by atoms with Crippen molar-refractivity contribution in [2.24, 2.45) is 11.5 Å². The minimum atomic E-state index is 0.615. The number of nitrogens with one attached hydrogen (secondary N) is 1. The van der Waals surface area contributed by atoms with Crippen molar-refractivity contribution in [2.45, 2.75) is 6.42 Å². The van der Waals surface area contributed by atoms with Gasteiger partial charge in [0.2, 0.25) is 0 Å². The summed E-state index contributed by atoms with van der Waals surface area (Å²) in [4.78, 5) is 0. The Balaban J connectivity index is 2.58. The molecular formula is C12H19N3. The lowest BCUT2D eigenvalue weighted by molar-refractivity contribution is 0.859. The SMILES string of the molecule is C=C(NCCN)c1ccc(CCN)cc1. The van der Waals surface area contributed by atoms with Gasteiger partial charge in [-0.15, -0.1) is 0 Å². The lowest BCUT2D eigenvalue weighted by Crippen LogP contribution is -2.20. The van der Waals surface area contributed by atoms with Gasteiger partial charge in [-0.2, -0.15) is 0 Å². The van der Waals surface area contributed by atoms with Crippen LogP contribution in [0.3, 0.4) is 0 Å². The molecule has 1 rings (SSSR count). The molecule has 0 aromatic heterocycles. The Hall–Kier alpha value is -1.32. The lowest BCUT2D eigenvalue weighted by Gasteiger charge is -2.09. The summed E-state index contributed by atoms with van der Waals surface area (Å²) in [6, 6.07) is 8.27. The van der Waals surface area contributed by atoms with Gasteiger partial charge in [-0.25, -0.2) is 0 Å². The normalized spacial score (nSPS) is 10.0. The molecule has 0 heterocycles. The van der Waals surface area contributed by atoms with Gasteiger partial charge < -0.3 is 16.8 Å². The highest BCUT2D eigenvalue weighted by Crippen LogP contribution is 2.10. The minimum Gasteiger partial charge on any atom is -0.384 e. The Kier molecular flexibility index (Phi) is 4.87. The Morgan fingerprint density at radius 1 is 1.13 bits per heavy atom. The second kappa shape index (κ2) is 6.22. The van der Waals surface area contributed by atoms with Crippen LogP contribution in [0.4, 0.5) is 0 Å². The summed E-state index contributed by atoms with van der Waals surface area (Å²) in [7, 11) is 0. The molecule has 3 heteroatoms. The van der Waals surface area contributed by atoms with Gasteiger partial charge in [-0.3, -0.25) is 0 Å². The van der Waals surface area contributed by atoms with Crippen LogP contribution in [0.1, 0.15) is 11.1 Å². The molecule has 0 aliphatic carbocycles. The molecule has 0 saturated carbocycles. The van der Waals surface area contributed by atoms with Crippen molar-refractivity contribution >= 4 is 5.70 Å². The van der Waals surface area contributed by atoms with Crippen molar-refractivity contribution in [3.63, 3.8) is 0 Å². The third-order valence-corrected chi connectivity index (χ3v) is 2.22. The zero-order chi connectivity index (χ0) is 11.1. The topological polar surface area (TPSA) is 64.1 Å². The standard InChI is InChI=1S/C12H19N3/c1-10(15-9-8-14)12-4-2-11(3-5-12)6-7-13/h2-5,15H,1,6-9,13-14H2. The van der Waals surface area contributed by atoms with E-state index in [9.17, 15) is 0 Å². The molecule has 82 valence electrons. The molecule has 0 saturated heterocycles. The number of hydrogen-bond acceptors (Lipinski definition) is 3. The van der Waals surface area contributed by atoms with Crippen LogP contribution in [0.5, 0.6) is 0 Å². The average molecular weight is 205 g/mol. The quantitative estimate of drug-likeness (QED) is 0.641. The molecule has 0 amide bonds. The van der Waals surface area contributed by atoms with Crippen molar-refractivity contribution in [2.75, 3.05) is 19.6 Å². The maximum atomic E-state index is 5.48. The summed E-state index contributed by atoms with van der Waals surface area (Å²) in [6.45, 7) is 6.00. The molecular weight excluding hydrogens is 186 g/mol. The molecule has 0 unspecified atom stereocenters. The fourth-order valence-corrected chi connectivity index (χ4v) is 1.36. The molecule has 3 nitrogen and oxygen atoms in total. The second-order valence-electron chi connectivity index (χ2n) is 3.43. The highest BCUT2D eigenvalue weighted by Gasteiger charge is 1.97. The summed E-state index contributed by atoms with van der Waals surface area (Å²) < 4.78 is 0. The van der Waals surface area contributed by atoms with Gasteiger partial charge in [0.15, 0.2) is 0 Å². The van der Waals surface area contributed by atoms with E-state index in [1.807, 2.05) is 0 Å². The van der Waals surface area contributed by atoms with Crippen LogP contribution in [0, 0.1) is 0 Å². The van der Waals surface area contributed by atoms with E-state index in [2.05, 4.69) is 36.2 Å². The second-order valence-corrected chi connectivity index (χ2v) is 3.43. The summed E-state index contributed by atoms with van der Waals surface area (Å²) >= 11 is 0. The van der Waals surface area contributed by atoms with Crippen LogP contribution in [-0.4, -0.2) is 19.6 Å². The van der Waals surface area contributed by atoms with Crippen LogP contribution in [-0.2, 0) is 6.42 Å². The molecule has 1 aromatic rings. The molecule has 0 bridgehead atoms. The van der Waals surface area contributed by atoms with Crippen molar-refractivity contribution in [1.82, 2.24) is 5.32 Å². The van der Waals surface area contributed by atoms with E-state index in [0.717, 1.165) is 24.2 Å². The fourth-order valence-electron chi connectivity index (χ4n) is 1.36. The predicted molar refractivity (Wildman–Crippen MR) is 65.3 cm³/mol. The average Bonchev–Trinajstić information content (AvgIpc) is 2.27. The van der Waals surface area contributed by atoms with E-state index in [0.29, 0.717) is 13.1 Å². The summed E-state index contributed by atoms with van der Waals surface area (Å²) in [5.74, 6) is 0. The lowest BCUT2D eigenvalue weighted by atomic mass is 10.1. The van der Waals surface area contributed by atoms with Crippen LogP contribution in [0.25, 0.3) is 5.70 Å². The Morgan fingerprint density at radius 2 is 1.80 bits per heavy atom. The third kappa shape index (κ3) is 3.73. The number of hydrogen-bond donors (Lipinski definition) is 3. The van der Waals surface area contributed by atoms with Gasteiger partial charge >= 0.3 is 0 Å². The highest BCUT2D eigenvalue weighted by molar-refractivity contribution is 5.61. The summed E-state index contributed by atoms with van der Waals surface area (Å²) in [6.07, 6.45) is 0.920. The van der Waals surface area contributed by atoms with Crippen LogP contribution in [0.15, 0.2) is 30.8 Å². The maximum absolute atomic E-state index is 5.48. The molecule has 0 fully saturated rings. The van der Waals surface area contributed by atoms with E-state index in [-0.39, 0.29) is 0 Å². The number of nitrogens with two attached hydrogens (primary N) is 2. The molecule has 0 atom stereocenters. The Bertz CT molecular complexity index is 303. The van der Waals surface area contributed by atoms with Crippen molar-refractivity contribution in [3.05, 3.63) is 42.0 Å². The van der Waals surface area contributed by atoms with Crippen LogP contribution in [0.2, 0.25) is 0 Å². The first-order chi connectivity index (χ1) is 7.27. The summed E-state index contributed by atoms with van der Waals surface area (Å²) in [5.41, 5.74) is 14.2. The van der Waals surface area contributed by atoms with E-state index >= 15 is 0 Å². The smallest absolute Gasteiger partial charge is 0.0341 e. The first-order valence-corrected chi connectivity index (χ1v) is 5.20. The van der Waals surface area contributed by atoms with E-state index < -0.39 is 0 Å². The third-order valence-electron chi connectivity index (χ3n) is 2.22. The van der Waals surface area contributed by atoms with Crippen molar-refractivity contribution in [1.29, 1.82) is 0 Å². The minimum absolute atomic E-state index is 0.615. The zero-order valence-electron chi connectivity index (χ0n) is 9.00. The summed E-state index contributed by atoms with van der Waals surface area (Å²) in [5, 5.41) is 3.16. The molecule has 5 N–H and O–H groups in total. The van der Waals surface area contributed by atoms with Crippen LogP contribution < -0.4 is 16.8 Å². The van der Waals surface area contributed by atoms with Gasteiger partial charge in [0.25, 0.3) is 0 Å². The van der Waals surface area contributed by atoms with E-state index in [4.69, 9.17) is 11.5 Å². The van der Waals surface area contributed by atoms with Gasteiger partial charge in [-0.1, -0.05) is 30.8 Å². The molecule has 0 aliphatic rings. The molecule has 15 heavy (non-hydrogen) atoms. The van der Waals surface area contributed by atoms with Gasteiger partial charge in [0, 0.05) is 18.8 Å². The molecule has 0 aliphatic heterocycles. The number of benzene rings is 1. The zero-order valence-corrected chi connectivity index (χ0v) is 9.00. The largest absolute Gasteiger partial charge is 0.384 e. The Morgan fingerprint density at radius 3 is 2.33 bits per heavy atom. The van der Waals surface area contributed by atoms with E-state index in [1.54, 1.807) is 0 Å². The van der Waals surface area contributed by atoms with Gasteiger partial charge in [0.1, 0.15) is 0 Å². The van der Waals surface area contributed by atoms with E-state index in [1.165, 1.54) is 5.56 Å². The monoisotopic (exact) mass is 205 g/mol. The highest BCUT2D eigenvalue weighted by atomic mass is 14.9. The molecule has 0 spiro atoms. The Labute approximate surface area is 91.2 Å². The molecule has 0 radical (unpaired) electrons. The maximum Gasteiger partial charge on any atom is 0.0341 e. The first kappa shape index (κ1) is 11.8. The fraction of sp³-hybridized carbons (Fsp3) is 0.333. The first-order valence-electron chi connectivity index (χ1n) is 5.20. The van der Waals surface area contributed by atoms with Crippen LogP contribution >= 0.6 is 0 Å². The van der Waals surface area contributed by atoms with Gasteiger partial charge in [-0.05, 0) is 24.1 Å². The number of rotatable bonds is 6. The van der Waals surface area contributed by atoms with Crippen molar-refractivity contribution in [3.8, 4) is 0 Å².